The third kappa shape index (κ3) is 3.24. The Kier molecular flexibility index (Phi) is 4.20. The number of esters is 1. The van der Waals surface area contributed by atoms with Gasteiger partial charge in [-0.05, 0) is 30.3 Å². The summed E-state index contributed by atoms with van der Waals surface area (Å²) in [7, 11) is 0. The molecule has 0 radical (unpaired) electrons. The summed E-state index contributed by atoms with van der Waals surface area (Å²) in [6, 6.07) is 7.12. The molecule has 0 fully saturated rings. The minimum atomic E-state index is -0.776. The van der Waals surface area contributed by atoms with E-state index in [1.807, 2.05) is 0 Å². The Labute approximate surface area is 118 Å². The normalized spacial score (nSPS) is 10.3. The number of hydrogen-bond donors (Lipinski definition) is 1. The summed E-state index contributed by atoms with van der Waals surface area (Å²) < 4.78 is 30.9. The fourth-order valence-electron chi connectivity index (χ4n) is 1.57. The lowest BCUT2D eigenvalue weighted by atomic mass is 10.2. The van der Waals surface area contributed by atoms with Crippen LogP contribution in [0.15, 0.2) is 36.4 Å². The van der Waals surface area contributed by atoms with Gasteiger partial charge in [-0.3, -0.25) is 0 Å². The van der Waals surface area contributed by atoms with Crippen LogP contribution in [0.3, 0.4) is 0 Å². The standard InChI is InChI=1S/C14H10ClF2NO2/c15-12-6-10(17)2-1-8(12)7-20-14(19)11-5-9(16)3-4-13(11)18/h1-6H,7,18H2. The van der Waals surface area contributed by atoms with Crippen molar-refractivity contribution in [2.75, 3.05) is 5.73 Å². The molecule has 0 aliphatic carbocycles. The topological polar surface area (TPSA) is 52.3 Å². The van der Waals surface area contributed by atoms with Gasteiger partial charge in [-0.15, -0.1) is 0 Å². The first-order valence-electron chi connectivity index (χ1n) is 5.63. The van der Waals surface area contributed by atoms with Crippen LogP contribution < -0.4 is 5.73 Å². The Hall–Kier alpha value is -2.14. The first-order chi connectivity index (χ1) is 9.47. The van der Waals surface area contributed by atoms with Gasteiger partial charge in [0.05, 0.1) is 10.6 Å². The fraction of sp³-hybridized carbons (Fsp3) is 0.0714. The summed E-state index contributed by atoms with van der Waals surface area (Å²) in [5, 5.41) is 0.144. The second-order valence-corrected chi connectivity index (χ2v) is 4.45. The molecule has 0 saturated heterocycles. The predicted octanol–water partition coefficient (Wildman–Crippen LogP) is 3.56. The molecule has 3 nitrogen and oxygen atoms in total. The minimum Gasteiger partial charge on any atom is -0.457 e. The number of benzene rings is 2. The van der Waals surface area contributed by atoms with Crippen molar-refractivity contribution in [1.82, 2.24) is 0 Å². The monoisotopic (exact) mass is 297 g/mol. The van der Waals surface area contributed by atoms with Crippen molar-refractivity contribution in [3.63, 3.8) is 0 Å². The second kappa shape index (κ2) is 5.88. The maximum Gasteiger partial charge on any atom is 0.340 e. The van der Waals surface area contributed by atoms with Gasteiger partial charge in [0.15, 0.2) is 0 Å². The quantitative estimate of drug-likeness (QED) is 0.696. The van der Waals surface area contributed by atoms with Crippen LogP contribution >= 0.6 is 11.6 Å². The summed E-state index contributed by atoms with van der Waals surface area (Å²) in [6.45, 7) is -0.159. The number of anilines is 1. The third-order valence-corrected chi connectivity index (χ3v) is 2.96. The van der Waals surface area contributed by atoms with Crippen molar-refractivity contribution in [3.8, 4) is 0 Å². The average Bonchev–Trinajstić information content (AvgIpc) is 2.40. The second-order valence-electron chi connectivity index (χ2n) is 4.04. The Morgan fingerprint density at radius 3 is 2.50 bits per heavy atom. The number of carbonyl (C=O) groups excluding carboxylic acids is 1. The molecule has 2 N–H and O–H groups in total. The number of rotatable bonds is 3. The number of carbonyl (C=O) groups is 1. The molecule has 20 heavy (non-hydrogen) atoms. The van der Waals surface area contributed by atoms with Crippen LogP contribution in [-0.4, -0.2) is 5.97 Å². The molecule has 0 spiro atoms. The van der Waals surface area contributed by atoms with Gasteiger partial charge in [0, 0.05) is 11.3 Å². The van der Waals surface area contributed by atoms with Gasteiger partial charge >= 0.3 is 5.97 Å². The lowest BCUT2D eigenvalue weighted by molar-refractivity contribution is 0.0473. The van der Waals surface area contributed by atoms with Gasteiger partial charge in [-0.1, -0.05) is 17.7 Å². The summed E-state index contributed by atoms with van der Waals surface area (Å²) in [5.74, 6) is -1.85. The first-order valence-corrected chi connectivity index (χ1v) is 6.01. The summed E-state index contributed by atoms with van der Waals surface area (Å²) in [4.78, 5) is 11.8. The van der Waals surface area contributed by atoms with E-state index in [4.69, 9.17) is 22.1 Å². The molecular formula is C14H10ClF2NO2. The van der Waals surface area contributed by atoms with E-state index in [0.29, 0.717) is 5.56 Å². The summed E-state index contributed by atoms with van der Waals surface area (Å²) >= 11 is 5.80. The average molecular weight is 298 g/mol. The largest absolute Gasteiger partial charge is 0.457 e. The third-order valence-electron chi connectivity index (χ3n) is 2.61. The van der Waals surface area contributed by atoms with Crippen LogP contribution in [-0.2, 0) is 11.3 Å². The summed E-state index contributed by atoms with van der Waals surface area (Å²) in [6.07, 6.45) is 0. The Bertz CT molecular complexity index is 662. The number of nitrogen functional groups attached to an aromatic ring is 1. The van der Waals surface area contributed by atoms with E-state index in [-0.39, 0.29) is 22.9 Å². The minimum absolute atomic E-state index is 0.0664. The first kappa shape index (κ1) is 14.3. The van der Waals surface area contributed by atoms with E-state index in [2.05, 4.69) is 0 Å². The summed E-state index contributed by atoms with van der Waals surface area (Å²) in [5.41, 5.74) is 6.05. The molecule has 0 unspecified atom stereocenters. The molecule has 0 bridgehead atoms. The van der Waals surface area contributed by atoms with Crippen LogP contribution in [0.2, 0.25) is 5.02 Å². The lowest BCUT2D eigenvalue weighted by Crippen LogP contribution is -2.09. The van der Waals surface area contributed by atoms with Crippen molar-refractivity contribution in [2.24, 2.45) is 0 Å². The van der Waals surface area contributed by atoms with E-state index in [1.54, 1.807) is 0 Å². The SMILES string of the molecule is Nc1ccc(F)cc1C(=O)OCc1ccc(F)cc1Cl. The van der Waals surface area contributed by atoms with Crippen LogP contribution in [0, 0.1) is 11.6 Å². The van der Waals surface area contributed by atoms with Crippen LogP contribution in [0.1, 0.15) is 15.9 Å². The molecule has 6 heteroatoms. The maximum atomic E-state index is 13.1. The smallest absolute Gasteiger partial charge is 0.340 e. The molecule has 104 valence electrons. The number of ether oxygens (including phenoxy) is 1. The highest BCUT2D eigenvalue weighted by Crippen LogP contribution is 2.20. The Morgan fingerprint density at radius 1 is 1.15 bits per heavy atom. The molecule has 0 aliphatic rings. The van der Waals surface area contributed by atoms with E-state index in [1.165, 1.54) is 18.2 Å². The van der Waals surface area contributed by atoms with Crippen molar-refractivity contribution in [3.05, 3.63) is 64.2 Å². The highest BCUT2D eigenvalue weighted by molar-refractivity contribution is 6.31. The Morgan fingerprint density at radius 2 is 1.80 bits per heavy atom. The predicted molar refractivity (Wildman–Crippen MR) is 71.3 cm³/mol. The zero-order valence-corrected chi connectivity index (χ0v) is 11.0. The molecule has 0 aromatic heterocycles. The Balaban J connectivity index is 2.10. The van der Waals surface area contributed by atoms with Crippen LogP contribution in [0.5, 0.6) is 0 Å². The molecule has 0 amide bonds. The van der Waals surface area contributed by atoms with Crippen LogP contribution in [0.25, 0.3) is 0 Å². The molecule has 2 aromatic rings. The molecule has 0 atom stereocenters. The lowest BCUT2D eigenvalue weighted by Gasteiger charge is -2.08. The molecule has 2 rings (SSSR count). The maximum absolute atomic E-state index is 13.1. The van der Waals surface area contributed by atoms with Gasteiger partial charge in [-0.25, -0.2) is 13.6 Å². The zero-order chi connectivity index (χ0) is 14.7. The fourth-order valence-corrected chi connectivity index (χ4v) is 1.79. The van der Waals surface area contributed by atoms with Gasteiger partial charge in [0.2, 0.25) is 0 Å². The van der Waals surface area contributed by atoms with Gasteiger partial charge < -0.3 is 10.5 Å². The van der Waals surface area contributed by atoms with Gasteiger partial charge in [-0.2, -0.15) is 0 Å². The van der Waals surface area contributed by atoms with Crippen molar-refractivity contribution in [2.45, 2.75) is 6.61 Å². The van der Waals surface area contributed by atoms with Crippen molar-refractivity contribution < 1.29 is 18.3 Å². The molecular weight excluding hydrogens is 288 g/mol. The van der Waals surface area contributed by atoms with E-state index in [9.17, 15) is 13.6 Å². The van der Waals surface area contributed by atoms with Crippen molar-refractivity contribution in [1.29, 1.82) is 0 Å². The van der Waals surface area contributed by atoms with Gasteiger partial charge in [0.25, 0.3) is 0 Å². The van der Waals surface area contributed by atoms with Crippen molar-refractivity contribution >= 4 is 23.3 Å². The highest BCUT2D eigenvalue weighted by atomic mass is 35.5. The number of hydrogen-bond acceptors (Lipinski definition) is 3. The zero-order valence-electron chi connectivity index (χ0n) is 10.2. The number of halogens is 3. The van der Waals surface area contributed by atoms with Gasteiger partial charge in [0.1, 0.15) is 18.2 Å². The molecule has 0 aliphatic heterocycles. The number of nitrogens with two attached hydrogens (primary N) is 1. The van der Waals surface area contributed by atoms with Crippen LogP contribution in [0.4, 0.5) is 14.5 Å². The van der Waals surface area contributed by atoms with E-state index < -0.39 is 17.6 Å². The molecule has 0 heterocycles. The molecule has 0 saturated carbocycles. The van der Waals surface area contributed by atoms with E-state index >= 15 is 0 Å². The highest BCUT2D eigenvalue weighted by Gasteiger charge is 2.13. The molecule has 2 aromatic carbocycles. The van der Waals surface area contributed by atoms with E-state index in [0.717, 1.165) is 18.2 Å².